The van der Waals surface area contributed by atoms with Crippen LogP contribution in [0.1, 0.15) is 38.2 Å². The highest BCUT2D eigenvalue weighted by Crippen LogP contribution is 2.14. The summed E-state index contributed by atoms with van der Waals surface area (Å²) in [5.74, 6) is 0.708. The zero-order valence-electron chi connectivity index (χ0n) is 12.6. The summed E-state index contributed by atoms with van der Waals surface area (Å²) >= 11 is 0. The fraction of sp³-hybridized carbons (Fsp3) is 0.600. The van der Waals surface area contributed by atoms with Crippen molar-refractivity contribution in [2.75, 3.05) is 18.4 Å². The topological polar surface area (TPSA) is 54.5 Å². The number of aromatic nitrogens is 1. The highest BCUT2D eigenvalue weighted by molar-refractivity contribution is 5.92. The molecule has 2 heterocycles. The lowest BCUT2D eigenvalue weighted by atomic mass is 10.2. The molecular weight excluding hydrogens is 254 g/mol. The third-order valence-electron chi connectivity index (χ3n) is 3.11. The predicted molar refractivity (Wildman–Crippen MR) is 78.9 cm³/mol. The fourth-order valence-corrected chi connectivity index (χ4v) is 2.44. The molecule has 2 unspecified atom stereocenters. The van der Waals surface area contributed by atoms with Crippen molar-refractivity contribution in [3.05, 3.63) is 23.9 Å². The van der Waals surface area contributed by atoms with E-state index in [1.165, 1.54) is 0 Å². The Labute approximate surface area is 120 Å². The van der Waals surface area contributed by atoms with Crippen LogP contribution in [0.5, 0.6) is 0 Å². The average Bonchev–Trinajstić information content (AvgIpc) is 2.36. The average molecular weight is 277 g/mol. The van der Waals surface area contributed by atoms with Gasteiger partial charge in [-0.25, -0.2) is 4.98 Å². The van der Waals surface area contributed by atoms with Crippen LogP contribution in [0.4, 0.5) is 5.82 Å². The summed E-state index contributed by atoms with van der Waals surface area (Å²) in [6, 6.07) is 5.79. The summed E-state index contributed by atoms with van der Waals surface area (Å²) in [6.45, 7) is 9.29. The van der Waals surface area contributed by atoms with E-state index in [4.69, 9.17) is 4.74 Å². The SMILES string of the molecule is CC(C)Nc1cccc(C(=O)N2CC(C)OC(C)C2)n1. The van der Waals surface area contributed by atoms with Gasteiger partial charge in [-0.1, -0.05) is 6.07 Å². The normalized spacial score (nSPS) is 22.9. The smallest absolute Gasteiger partial charge is 0.272 e. The van der Waals surface area contributed by atoms with E-state index in [0.717, 1.165) is 5.82 Å². The first-order valence-electron chi connectivity index (χ1n) is 7.14. The third-order valence-corrected chi connectivity index (χ3v) is 3.11. The van der Waals surface area contributed by atoms with Crippen LogP contribution >= 0.6 is 0 Å². The molecule has 0 aliphatic carbocycles. The van der Waals surface area contributed by atoms with E-state index in [1.807, 2.05) is 44.7 Å². The molecule has 2 rings (SSSR count). The van der Waals surface area contributed by atoms with E-state index in [9.17, 15) is 4.79 Å². The van der Waals surface area contributed by atoms with Crippen LogP contribution in [0.3, 0.4) is 0 Å². The molecule has 110 valence electrons. The fourth-order valence-electron chi connectivity index (χ4n) is 2.44. The van der Waals surface area contributed by atoms with Gasteiger partial charge < -0.3 is 15.0 Å². The largest absolute Gasteiger partial charge is 0.372 e. The van der Waals surface area contributed by atoms with Crippen LogP contribution < -0.4 is 5.32 Å². The number of carbonyl (C=O) groups excluding carboxylic acids is 1. The van der Waals surface area contributed by atoms with Gasteiger partial charge in [-0.15, -0.1) is 0 Å². The van der Waals surface area contributed by atoms with Crippen molar-refractivity contribution in [3.63, 3.8) is 0 Å². The number of carbonyl (C=O) groups is 1. The van der Waals surface area contributed by atoms with Crippen LogP contribution in [0.15, 0.2) is 18.2 Å². The van der Waals surface area contributed by atoms with Crippen molar-refractivity contribution in [3.8, 4) is 0 Å². The standard InChI is InChI=1S/C15H23N3O2/c1-10(2)16-14-7-5-6-13(17-14)15(19)18-8-11(3)20-12(4)9-18/h5-7,10-12H,8-9H2,1-4H3,(H,16,17). The lowest BCUT2D eigenvalue weighted by Crippen LogP contribution is -2.48. The van der Waals surface area contributed by atoms with Gasteiger partial charge in [0.05, 0.1) is 12.2 Å². The molecule has 2 atom stereocenters. The highest BCUT2D eigenvalue weighted by atomic mass is 16.5. The Morgan fingerprint density at radius 3 is 2.60 bits per heavy atom. The number of nitrogens with one attached hydrogen (secondary N) is 1. The van der Waals surface area contributed by atoms with Gasteiger partial charge in [-0.2, -0.15) is 0 Å². The predicted octanol–water partition coefficient (Wildman–Crippen LogP) is 2.15. The third kappa shape index (κ3) is 3.70. The highest BCUT2D eigenvalue weighted by Gasteiger charge is 2.27. The molecule has 5 heteroatoms. The first-order valence-corrected chi connectivity index (χ1v) is 7.14. The minimum absolute atomic E-state index is 0.0283. The van der Waals surface area contributed by atoms with E-state index >= 15 is 0 Å². The van der Waals surface area contributed by atoms with Crippen molar-refractivity contribution >= 4 is 11.7 Å². The molecule has 1 aliphatic rings. The Bertz CT molecular complexity index is 466. The summed E-state index contributed by atoms with van der Waals surface area (Å²) in [6.07, 6.45) is 0.138. The summed E-state index contributed by atoms with van der Waals surface area (Å²) in [4.78, 5) is 18.7. The first kappa shape index (κ1) is 14.8. The maximum absolute atomic E-state index is 12.5. The van der Waals surface area contributed by atoms with Gasteiger partial charge in [-0.3, -0.25) is 4.79 Å². The molecule has 1 aromatic heterocycles. The number of pyridine rings is 1. The Kier molecular flexibility index (Phi) is 4.60. The summed E-state index contributed by atoms with van der Waals surface area (Å²) in [7, 11) is 0. The molecular formula is C15H23N3O2. The summed E-state index contributed by atoms with van der Waals surface area (Å²) < 4.78 is 5.65. The molecule has 0 spiro atoms. The monoisotopic (exact) mass is 277 g/mol. The van der Waals surface area contributed by atoms with Gasteiger partial charge in [-0.05, 0) is 39.8 Å². The second-order valence-corrected chi connectivity index (χ2v) is 5.67. The number of amides is 1. The Balaban J connectivity index is 2.12. The molecule has 20 heavy (non-hydrogen) atoms. The summed E-state index contributed by atoms with van der Waals surface area (Å²) in [5.41, 5.74) is 0.483. The van der Waals surface area contributed by atoms with Crippen LogP contribution in [0, 0.1) is 0 Å². The zero-order valence-corrected chi connectivity index (χ0v) is 12.6. The molecule has 1 aromatic rings. The van der Waals surface area contributed by atoms with Crippen LogP contribution in [-0.2, 0) is 4.74 Å². The minimum Gasteiger partial charge on any atom is -0.372 e. The number of anilines is 1. The first-order chi connectivity index (χ1) is 9.45. The number of nitrogens with zero attached hydrogens (tertiary/aromatic N) is 2. The maximum atomic E-state index is 12.5. The zero-order chi connectivity index (χ0) is 14.7. The number of rotatable bonds is 3. The van der Waals surface area contributed by atoms with Gasteiger partial charge in [0.2, 0.25) is 0 Å². The second-order valence-electron chi connectivity index (χ2n) is 5.67. The number of hydrogen-bond acceptors (Lipinski definition) is 4. The van der Waals surface area contributed by atoms with Crippen LogP contribution in [0.25, 0.3) is 0 Å². The molecule has 0 radical (unpaired) electrons. The Morgan fingerprint density at radius 1 is 1.35 bits per heavy atom. The molecule has 0 aromatic carbocycles. The molecule has 1 aliphatic heterocycles. The van der Waals surface area contributed by atoms with Gasteiger partial charge in [0.1, 0.15) is 11.5 Å². The van der Waals surface area contributed by atoms with Crippen LogP contribution in [0.2, 0.25) is 0 Å². The van der Waals surface area contributed by atoms with Crippen LogP contribution in [-0.4, -0.2) is 47.1 Å². The number of morpholine rings is 1. The minimum atomic E-state index is -0.0283. The molecule has 1 fully saturated rings. The molecule has 5 nitrogen and oxygen atoms in total. The van der Waals surface area contributed by atoms with E-state index < -0.39 is 0 Å². The van der Waals surface area contributed by atoms with E-state index in [-0.39, 0.29) is 24.2 Å². The van der Waals surface area contributed by atoms with E-state index in [0.29, 0.717) is 18.8 Å². The Hall–Kier alpha value is -1.62. The number of ether oxygens (including phenoxy) is 1. The molecule has 1 N–H and O–H groups in total. The van der Waals surface area contributed by atoms with Crippen molar-refractivity contribution in [1.29, 1.82) is 0 Å². The lowest BCUT2D eigenvalue weighted by Gasteiger charge is -2.35. The van der Waals surface area contributed by atoms with Gasteiger partial charge in [0.15, 0.2) is 0 Å². The van der Waals surface area contributed by atoms with Gasteiger partial charge in [0.25, 0.3) is 5.91 Å². The Morgan fingerprint density at radius 2 is 2.00 bits per heavy atom. The van der Waals surface area contributed by atoms with Crippen molar-refractivity contribution in [1.82, 2.24) is 9.88 Å². The summed E-state index contributed by atoms with van der Waals surface area (Å²) in [5, 5.41) is 3.21. The van der Waals surface area contributed by atoms with E-state index in [2.05, 4.69) is 10.3 Å². The van der Waals surface area contributed by atoms with Crippen molar-refractivity contribution in [2.24, 2.45) is 0 Å². The molecule has 0 bridgehead atoms. The van der Waals surface area contributed by atoms with E-state index in [1.54, 1.807) is 6.07 Å². The van der Waals surface area contributed by atoms with Crippen molar-refractivity contribution in [2.45, 2.75) is 45.9 Å². The quantitative estimate of drug-likeness (QED) is 0.920. The molecule has 0 saturated carbocycles. The van der Waals surface area contributed by atoms with Gasteiger partial charge >= 0.3 is 0 Å². The van der Waals surface area contributed by atoms with Crippen molar-refractivity contribution < 1.29 is 9.53 Å². The second kappa shape index (κ2) is 6.22. The van der Waals surface area contributed by atoms with Gasteiger partial charge in [0, 0.05) is 19.1 Å². The molecule has 1 saturated heterocycles. The molecule has 1 amide bonds. The maximum Gasteiger partial charge on any atom is 0.272 e. The lowest BCUT2D eigenvalue weighted by molar-refractivity contribution is -0.0587. The number of hydrogen-bond donors (Lipinski definition) is 1.